The Hall–Kier alpha value is -1.65. The Labute approximate surface area is 116 Å². The van der Waals surface area contributed by atoms with Crippen LogP contribution in [0.3, 0.4) is 0 Å². The molecule has 1 atom stereocenters. The normalized spacial score (nSPS) is 12.2. The predicted molar refractivity (Wildman–Crippen MR) is 77.5 cm³/mol. The number of rotatable bonds is 4. The molecule has 0 aliphatic heterocycles. The maximum Gasteiger partial charge on any atom is 0.251 e. The maximum atomic E-state index is 12.1. The van der Waals surface area contributed by atoms with Crippen molar-refractivity contribution in [1.82, 2.24) is 5.32 Å². The van der Waals surface area contributed by atoms with Crippen LogP contribution in [0.25, 0.3) is 0 Å². The summed E-state index contributed by atoms with van der Waals surface area (Å²) < 4.78 is 0. The number of aryl methyl sites for hydroxylation is 2. The van der Waals surface area contributed by atoms with Gasteiger partial charge in [0.05, 0.1) is 6.10 Å². The van der Waals surface area contributed by atoms with E-state index in [1.165, 1.54) is 11.3 Å². The van der Waals surface area contributed by atoms with Gasteiger partial charge in [0, 0.05) is 12.1 Å². The van der Waals surface area contributed by atoms with E-state index < -0.39 is 6.10 Å². The first-order chi connectivity index (χ1) is 9.08. The second-order valence-electron chi connectivity index (χ2n) is 4.60. The highest BCUT2D eigenvalue weighted by atomic mass is 32.1. The summed E-state index contributed by atoms with van der Waals surface area (Å²) in [6, 6.07) is 7.63. The highest BCUT2D eigenvalue weighted by Crippen LogP contribution is 2.16. The van der Waals surface area contributed by atoms with Gasteiger partial charge in [-0.15, -0.1) is 0 Å². The van der Waals surface area contributed by atoms with Crippen molar-refractivity contribution in [3.8, 4) is 0 Å². The lowest BCUT2D eigenvalue weighted by Gasteiger charge is -2.12. The summed E-state index contributed by atoms with van der Waals surface area (Å²) >= 11 is 1.53. The van der Waals surface area contributed by atoms with Gasteiger partial charge in [-0.3, -0.25) is 4.79 Å². The molecule has 1 aromatic heterocycles. The third-order valence-corrected chi connectivity index (χ3v) is 3.72. The number of aliphatic hydroxyl groups is 1. The lowest BCUT2D eigenvalue weighted by atomic mass is 10.0. The van der Waals surface area contributed by atoms with Gasteiger partial charge in [0.1, 0.15) is 0 Å². The monoisotopic (exact) mass is 275 g/mol. The minimum atomic E-state index is -0.652. The molecular formula is C15H17NO2S. The first kappa shape index (κ1) is 13.8. The third-order valence-electron chi connectivity index (χ3n) is 3.02. The first-order valence-corrected chi connectivity index (χ1v) is 7.08. The Balaban J connectivity index is 2.00. The van der Waals surface area contributed by atoms with Crippen molar-refractivity contribution in [2.75, 3.05) is 6.54 Å². The number of hydrogen-bond donors (Lipinski definition) is 2. The number of aliphatic hydroxyl groups excluding tert-OH is 1. The molecule has 0 saturated carbocycles. The van der Waals surface area contributed by atoms with Gasteiger partial charge in [-0.05, 0) is 47.9 Å². The predicted octanol–water partition coefficient (Wildman–Crippen LogP) is 2.83. The van der Waals surface area contributed by atoms with E-state index in [1.807, 2.05) is 48.9 Å². The number of hydrogen-bond acceptors (Lipinski definition) is 3. The van der Waals surface area contributed by atoms with Crippen molar-refractivity contribution in [2.24, 2.45) is 0 Å². The molecule has 2 N–H and O–H groups in total. The van der Waals surface area contributed by atoms with E-state index in [1.54, 1.807) is 0 Å². The molecule has 2 aromatic rings. The van der Waals surface area contributed by atoms with E-state index in [9.17, 15) is 9.90 Å². The first-order valence-electron chi connectivity index (χ1n) is 6.13. The molecule has 1 aromatic carbocycles. The Morgan fingerprint density at radius 2 is 2.16 bits per heavy atom. The van der Waals surface area contributed by atoms with E-state index in [-0.39, 0.29) is 12.5 Å². The van der Waals surface area contributed by atoms with Gasteiger partial charge in [-0.2, -0.15) is 11.3 Å². The van der Waals surface area contributed by atoms with E-state index >= 15 is 0 Å². The van der Waals surface area contributed by atoms with Gasteiger partial charge in [0.25, 0.3) is 5.91 Å². The minimum Gasteiger partial charge on any atom is -0.387 e. The van der Waals surface area contributed by atoms with Crippen LogP contribution in [0.1, 0.15) is 33.2 Å². The lowest BCUT2D eigenvalue weighted by molar-refractivity contribution is 0.0916. The fourth-order valence-corrected chi connectivity index (χ4v) is 2.55. The van der Waals surface area contributed by atoms with E-state index in [0.717, 1.165) is 16.7 Å². The zero-order chi connectivity index (χ0) is 13.8. The minimum absolute atomic E-state index is 0.143. The molecule has 0 bridgehead atoms. The van der Waals surface area contributed by atoms with Crippen molar-refractivity contribution in [1.29, 1.82) is 0 Å². The van der Waals surface area contributed by atoms with Crippen LogP contribution in [-0.2, 0) is 0 Å². The average molecular weight is 275 g/mol. The van der Waals surface area contributed by atoms with Gasteiger partial charge in [0.15, 0.2) is 0 Å². The molecule has 3 nitrogen and oxygen atoms in total. The molecule has 19 heavy (non-hydrogen) atoms. The van der Waals surface area contributed by atoms with Crippen LogP contribution in [0.5, 0.6) is 0 Å². The lowest BCUT2D eigenvalue weighted by Crippen LogP contribution is -2.28. The Morgan fingerprint density at radius 3 is 2.84 bits per heavy atom. The van der Waals surface area contributed by atoms with Gasteiger partial charge in [-0.25, -0.2) is 0 Å². The molecule has 2 rings (SSSR count). The molecule has 0 radical (unpaired) electrons. The molecule has 0 aliphatic rings. The van der Waals surface area contributed by atoms with Crippen LogP contribution in [0, 0.1) is 13.8 Å². The van der Waals surface area contributed by atoms with Crippen molar-refractivity contribution in [3.63, 3.8) is 0 Å². The number of carbonyl (C=O) groups is 1. The molecule has 0 fully saturated rings. The van der Waals surface area contributed by atoms with Gasteiger partial charge < -0.3 is 10.4 Å². The fourth-order valence-electron chi connectivity index (χ4n) is 1.85. The van der Waals surface area contributed by atoms with Gasteiger partial charge >= 0.3 is 0 Å². The van der Waals surface area contributed by atoms with Crippen molar-refractivity contribution >= 4 is 17.2 Å². The molecule has 100 valence electrons. The molecule has 1 heterocycles. The smallest absolute Gasteiger partial charge is 0.251 e. The Bertz CT molecular complexity index is 564. The fraction of sp³-hybridized carbons (Fsp3) is 0.267. The number of nitrogens with one attached hydrogen (secondary N) is 1. The van der Waals surface area contributed by atoms with Crippen LogP contribution >= 0.6 is 11.3 Å². The highest BCUT2D eigenvalue weighted by Gasteiger charge is 2.12. The summed E-state index contributed by atoms with van der Waals surface area (Å²) in [6.07, 6.45) is -0.652. The SMILES string of the molecule is Cc1ccc(C)c(C(=O)NC[C@@H](O)c2ccsc2)c1. The van der Waals surface area contributed by atoms with Crippen LogP contribution in [-0.4, -0.2) is 17.6 Å². The van der Waals surface area contributed by atoms with E-state index in [2.05, 4.69) is 5.32 Å². The summed E-state index contributed by atoms with van der Waals surface area (Å²) in [4.78, 5) is 12.1. The van der Waals surface area contributed by atoms with E-state index in [4.69, 9.17) is 0 Å². The van der Waals surface area contributed by atoms with Crippen LogP contribution in [0.2, 0.25) is 0 Å². The van der Waals surface area contributed by atoms with Crippen LogP contribution in [0.15, 0.2) is 35.0 Å². The van der Waals surface area contributed by atoms with Gasteiger partial charge in [-0.1, -0.05) is 17.7 Å². The zero-order valence-corrected chi connectivity index (χ0v) is 11.8. The van der Waals surface area contributed by atoms with Crippen LogP contribution < -0.4 is 5.32 Å². The molecule has 0 saturated heterocycles. The molecule has 0 spiro atoms. The summed E-state index contributed by atoms with van der Waals surface area (Å²) in [5, 5.41) is 16.5. The Morgan fingerprint density at radius 1 is 1.37 bits per heavy atom. The van der Waals surface area contributed by atoms with Crippen LogP contribution in [0.4, 0.5) is 0 Å². The molecular weight excluding hydrogens is 258 g/mol. The topological polar surface area (TPSA) is 49.3 Å². The average Bonchev–Trinajstić information content (AvgIpc) is 2.92. The number of carbonyl (C=O) groups excluding carboxylic acids is 1. The second kappa shape index (κ2) is 5.99. The number of amides is 1. The highest BCUT2D eigenvalue weighted by molar-refractivity contribution is 7.07. The molecule has 4 heteroatoms. The van der Waals surface area contributed by atoms with Crippen molar-refractivity contribution < 1.29 is 9.90 Å². The van der Waals surface area contributed by atoms with E-state index in [0.29, 0.717) is 5.56 Å². The van der Waals surface area contributed by atoms with Crippen molar-refractivity contribution in [2.45, 2.75) is 20.0 Å². The largest absolute Gasteiger partial charge is 0.387 e. The standard InChI is InChI=1S/C15H17NO2S/c1-10-3-4-11(2)13(7-10)15(18)16-8-14(17)12-5-6-19-9-12/h3-7,9,14,17H,8H2,1-2H3,(H,16,18)/t14-/m1/s1. The Kier molecular flexibility index (Phi) is 4.35. The van der Waals surface area contributed by atoms with Crippen molar-refractivity contribution in [3.05, 3.63) is 57.3 Å². The molecule has 0 unspecified atom stereocenters. The number of benzene rings is 1. The second-order valence-corrected chi connectivity index (χ2v) is 5.38. The summed E-state index contributed by atoms with van der Waals surface area (Å²) in [6.45, 7) is 4.09. The third kappa shape index (κ3) is 3.43. The van der Waals surface area contributed by atoms with Gasteiger partial charge in [0.2, 0.25) is 0 Å². The molecule has 0 aliphatic carbocycles. The number of thiophene rings is 1. The maximum absolute atomic E-state index is 12.1. The summed E-state index contributed by atoms with van der Waals surface area (Å²) in [5.74, 6) is -0.143. The molecule has 1 amide bonds. The zero-order valence-electron chi connectivity index (χ0n) is 11.0. The quantitative estimate of drug-likeness (QED) is 0.901. The summed E-state index contributed by atoms with van der Waals surface area (Å²) in [7, 11) is 0. The summed E-state index contributed by atoms with van der Waals surface area (Å²) in [5.41, 5.74) is 3.49.